The molecule has 9 heteroatoms. The number of alkyl halides is 2. The number of carbonyl (C=O) groups is 1. The van der Waals surface area contributed by atoms with Crippen molar-refractivity contribution < 1.29 is 23.0 Å². The largest absolute Gasteiger partial charge is 0.497 e. The van der Waals surface area contributed by atoms with Crippen molar-refractivity contribution in [3.63, 3.8) is 0 Å². The van der Waals surface area contributed by atoms with Crippen LogP contribution in [0.4, 0.5) is 20.2 Å². The summed E-state index contributed by atoms with van der Waals surface area (Å²) in [7, 11) is 1.63. The minimum atomic E-state index is -2.94. The molecule has 0 aliphatic carbocycles. The highest BCUT2D eigenvalue weighted by Crippen LogP contribution is 2.29. The van der Waals surface area contributed by atoms with Gasteiger partial charge in [0, 0.05) is 37.6 Å². The molecule has 0 radical (unpaired) electrons. The molecule has 0 aromatic heterocycles. The number of benzene rings is 2. The lowest BCUT2D eigenvalue weighted by Gasteiger charge is -2.36. The van der Waals surface area contributed by atoms with Crippen LogP contribution in [0.25, 0.3) is 0 Å². The Kier molecular flexibility index (Phi) is 6.98. The van der Waals surface area contributed by atoms with Gasteiger partial charge in [0.2, 0.25) is 5.91 Å². The first-order valence-corrected chi connectivity index (χ1v) is 9.49. The van der Waals surface area contributed by atoms with Crippen LogP contribution in [0.1, 0.15) is 0 Å². The van der Waals surface area contributed by atoms with Gasteiger partial charge in [0.05, 0.1) is 18.7 Å². The number of anilines is 2. The highest BCUT2D eigenvalue weighted by Gasteiger charge is 2.21. The van der Waals surface area contributed by atoms with Crippen molar-refractivity contribution in [3.05, 3.63) is 47.5 Å². The first kappa shape index (κ1) is 21.0. The normalized spacial score (nSPS) is 14.1. The van der Waals surface area contributed by atoms with Crippen molar-refractivity contribution in [2.24, 2.45) is 0 Å². The van der Waals surface area contributed by atoms with Gasteiger partial charge in [-0.2, -0.15) is 8.78 Å². The van der Waals surface area contributed by atoms with Crippen LogP contribution in [0.2, 0.25) is 5.02 Å². The second-order valence-electron chi connectivity index (χ2n) is 6.44. The zero-order valence-electron chi connectivity index (χ0n) is 15.9. The summed E-state index contributed by atoms with van der Waals surface area (Å²) in [5, 5.41) is 3.02. The minimum Gasteiger partial charge on any atom is -0.497 e. The molecular formula is C20H22ClF2N3O3. The zero-order valence-corrected chi connectivity index (χ0v) is 16.7. The van der Waals surface area contributed by atoms with Gasteiger partial charge in [0.15, 0.2) is 0 Å². The number of nitrogens with one attached hydrogen (secondary N) is 1. The first-order chi connectivity index (χ1) is 14.0. The summed E-state index contributed by atoms with van der Waals surface area (Å²) >= 11 is 5.92. The van der Waals surface area contributed by atoms with Crippen LogP contribution < -0.4 is 19.7 Å². The molecule has 0 saturated carbocycles. The third-order valence-corrected chi connectivity index (χ3v) is 4.96. The van der Waals surface area contributed by atoms with Crippen LogP contribution in [-0.2, 0) is 4.79 Å². The SMILES string of the molecule is COc1ccc(N2CCN(C(=O)CNc3ccc(OC(F)F)c(Cl)c3)CC2)cc1. The summed E-state index contributed by atoms with van der Waals surface area (Å²) in [4.78, 5) is 16.5. The number of ether oxygens (including phenoxy) is 2. The van der Waals surface area contributed by atoms with Crippen LogP contribution >= 0.6 is 11.6 Å². The summed E-state index contributed by atoms with van der Waals surface area (Å²) < 4.78 is 34.0. The van der Waals surface area contributed by atoms with Crippen molar-refractivity contribution in [2.75, 3.05) is 50.1 Å². The summed E-state index contributed by atoms with van der Waals surface area (Å²) in [5.41, 5.74) is 1.65. The molecule has 1 aliphatic heterocycles. The Morgan fingerprint density at radius 2 is 1.83 bits per heavy atom. The lowest BCUT2D eigenvalue weighted by atomic mass is 10.2. The van der Waals surface area contributed by atoms with Gasteiger partial charge < -0.3 is 24.6 Å². The van der Waals surface area contributed by atoms with Gasteiger partial charge in [-0.15, -0.1) is 0 Å². The molecule has 0 spiro atoms. The van der Waals surface area contributed by atoms with Crippen LogP contribution in [0.3, 0.4) is 0 Å². The van der Waals surface area contributed by atoms with E-state index in [2.05, 4.69) is 15.0 Å². The Balaban J connectivity index is 1.47. The molecule has 29 heavy (non-hydrogen) atoms. The van der Waals surface area contributed by atoms with Gasteiger partial charge in [-0.25, -0.2) is 0 Å². The molecule has 0 atom stereocenters. The fraction of sp³-hybridized carbons (Fsp3) is 0.350. The molecule has 2 aromatic rings. The number of hydrogen-bond acceptors (Lipinski definition) is 5. The number of methoxy groups -OCH3 is 1. The van der Waals surface area contributed by atoms with Gasteiger partial charge in [0.1, 0.15) is 11.5 Å². The number of rotatable bonds is 7. The summed E-state index contributed by atoms with van der Waals surface area (Å²) in [6, 6.07) is 12.2. The summed E-state index contributed by atoms with van der Waals surface area (Å²) in [6.07, 6.45) is 0. The summed E-state index contributed by atoms with van der Waals surface area (Å²) in [5.74, 6) is 0.666. The fourth-order valence-corrected chi connectivity index (χ4v) is 3.32. The fourth-order valence-electron chi connectivity index (χ4n) is 3.10. The molecule has 2 aromatic carbocycles. The van der Waals surface area contributed by atoms with Crippen molar-refractivity contribution in [1.82, 2.24) is 4.90 Å². The van der Waals surface area contributed by atoms with Gasteiger partial charge >= 0.3 is 6.61 Å². The molecule has 1 amide bonds. The molecular weight excluding hydrogens is 404 g/mol. The smallest absolute Gasteiger partial charge is 0.387 e. The molecule has 1 heterocycles. The van der Waals surface area contributed by atoms with Crippen molar-refractivity contribution >= 4 is 28.9 Å². The average Bonchev–Trinajstić information content (AvgIpc) is 2.73. The molecule has 1 fully saturated rings. The van der Waals surface area contributed by atoms with Gasteiger partial charge in [0.25, 0.3) is 0 Å². The molecule has 6 nitrogen and oxygen atoms in total. The third-order valence-electron chi connectivity index (χ3n) is 4.66. The van der Waals surface area contributed by atoms with Gasteiger partial charge in [-0.3, -0.25) is 4.79 Å². The van der Waals surface area contributed by atoms with Crippen LogP contribution in [0.5, 0.6) is 11.5 Å². The maximum Gasteiger partial charge on any atom is 0.387 e. The van der Waals surface area contributed by atoms with E-state index in [0.717, 1.165) is 24.5 Å². The molecule has 1 saturated heterocycles. The monoisotopic (exact) mass is 425 g/mol. The Hall–Kier alpha value is -2.74. The summed E-state index contributed by atoms with van der Waals surface area (Å²) in [6.45, 7) is -0.131. The predicted octanol–water partition coefficient (Wildman–Crippen LogP) is 3.71. The number of halogens is 3. The molecule has 1 N–H and O–H groups in total. The van der Waals surface area contributed by atoms with Crippen molar-refractivity contribution in [3.8, 4) is 11.5 Å². The number of hydrogen-bond donors (Lipinski definition) is 1. The first-order valence-electron chi connectivity index (χ1n) is 9.11. The standard InChI is InChI=1S/C20H22ClF2N3O3/c1-28-16-5-3-15(4-6-16)25-8-10-26(11-9-25)19(27)13-24-14-2-7-18(17(21)12-14)29-20(22)23/h2-7,12,20,24H,8-11,13H2,1H3. The van der Waals surface area contributed by atoms with E-state index < -0.39 is 6.61 Å². The van der Waals surface area contributed by atoms with Crippen LogP contribution in [0, 0.1) is 0 Å². The number of amides is 1. The van der Waals surface area contributed by atoms with E-state index >= 15 is 0 Å². The van der Waals surface area contributed by atoms with Crippen molar-refractivity contribution in [2.45, 2.75) is 6.61 Å². The second kappa shape index (κ2) is 9.65. The van der Waals surface area contributed by atoms with E-state index in [9.17, 15) is 13.6 Å². The van der Waals surface area contributed by atoms with Crippen molar-refractivity contribution in [1.29, 1.82) is 0 Å². The third kappa shape index (κ3) is 5.63. The van der Waals surface area contributed by atoms with E-state index in [-0.39, 0.29) is 23.2 Å². The number of nitrogens with zero attached hydrogens (tertiary/aromatic N) is 2. The molecule has 0 unspecified atom stereocenters. The van der Waals surface area contributed by atoms with Gasteiger partial charge in [-0.05, 0) is 42.5 Å². The second-order valence-corrected chi connectivity index (χ2v) is 6.85. The lowest BCUT2D eigenvalue weighted by molar-refractivity contribution is -0.129. The molecule has 1 aliphatic rings. The topological polar surface area (TPSA) is 54.0 Å². The zero-order chi connectivity index (χ0) is 20.8. The minimum absolute atomic E-state index is 0.0385. The van der Waals surface area contributed by atoms with E-state index in [4.69, 9.17) is 16.3 Å². The Morgan fingerprint density at radius 3 is 2.41 bits per heavy atom. The quantitative estimate of drug-likeness (QED) is 0.733. The van der Waals surface area contributed by atoms with Crippen LogP contribution in [-0.4, -0.2) is 57.3 Å². The molecule has 0 bridgehead atoms. The number of piperazine rings is 1. The maximum absolute atomic E-state index is 12.5. The maximum atomic E-state index is 12.5. The van der Waals surface area contributed by atoms with E-state index in [1.807, 2.05) is 24.3 Å². The molecule has 3 rings (SSSR count). The predicted molar refractivity (Wildman–Crippen MR) is 108 cm³/mol. The highest BCUT2D eigenvalue weighted by atomic mass is 35.5. The lowest BCUT2D eigenvalue weighted by Crippen LogP contribution is -2.50. The van der Waals surface area contributed by atoms with E-state index in [0.29, 0.717) is 18.8 Å². The average molecular weight is 426 g/mol. The van der Waals surface area contributed by atoms with E-state index in [1.165, 1.54) is 12.1 Å². The van der Waals surface area contributed by atoms with Gasteiger partial charge in [-0.1, -0.05) is 11.6 Å². The van der Waals surface area contributed by atoms with E-state index in [1.54, 1.807) is 18.1 Å². The Labute approximate surface area is 172 Å². The highest BCUT2D eigenvalue weighted by molar-refractivity contribution is 6.32. The molecule has 156 valence electrons. The Bertz CT molecular complexity index is 828. The number of carbonyl (C=O) groups excluding carboxylic acids is 1. The van der Waals surface area contributed by atoms with Crippen LogP contribution in [0.15, 0.2) is 42.5 Å². The Morgan fingerprint density at radius 1 is 1.14 bits per heavy atom.